The normalized spacial score (nSPS) is 16.5. The smallest absolute Gasteiger partial charge is 0.0179 e. The number of aryl methyl sites for hydroxylation is 1. The highest BCUT2D eigenvalue weighted by molar-refractivity contribution is 7.08. The van der Waals surface area contributed by atoms with Gasteiger partial charge >= 0.3 is 0 Å². The molecule has 0 saturated carbocycles. The molecule has 0 saturated heterocycles. The van der Waals surface area contributed by atoms with Gasteiger partial charge in [0.15, 0.2) is 0 Å². The molecule has 0 atom stereocenters. The second-order valence-corrected chi connectivity index (χ2v) is 2.73. The molecular weight excluding hydrogens is 116 g/mol. The fourth-order valence-corrected chi connectivity index (χ4v) is 1.85. The Hall–Kier alpha value is -0.300. The molecule has 1 aliphatic rings. The Bertz CT molecular complexity index is 170. The predicted octanol–water partition coefficient (Wildman–Crippen LogP) is 2.12. The minimum atomic E-state index is 1.14. The molecule has 0 aliphatic heterocycles. The molecule has 1 aromatic heterocycles. The zero-order valence-electron chi connectivity index (χ0n) is 4.48. The number of rotatable bonds is 0. The van der Waals surface area contributed by atoms with Crippen molar-refractivity contribution >= 4 is 11.3 Å². The maximum atomic E-state index is 3.29. The predicted molar refractivity (Wildman–Crippen MR) is 35.0 cm³/mol. The molecule has 0 amide bonds. The maximum absolute atomic E-state index is 3.29. The van der Waals surface area contributed by atoms with Crippen molar-refractivity contribution in [2.45, 2.75) is 12.8 Å². The number of hydrogen-bond donors (Lipinski definition) is 0. The standard InChI is InChI=1S/C7H6S/c1-2-6-4-8-5-7(6)3-1/h4-5H,1-2H2. The third-order valence-electron chi connectivity index (χ3n) is 1.45. The lowest BCUT2D eigenvalue weighted by molar-refractivity contribution is 1.04. The first-order chi connectivity index (χ1) is 3.97. The van der Waals surface area contributed by atoms with E-state index in [9.17, 15) is 0 Å². The topological polar surface area (TPSA) is 0 Å². The third-order valence-corrected chi connectivity index (χ3v) is 2.24. The van der Waals surface area contributed by atoms with Gasteiger partial charge in [-0.05, 0) is 34.7 Å². The Kier molecular flexibility index (Phi) is 0.908. The SMILES string of the molecule is [C]1CCc2cscc21. The quantitative estimate of drug-likeness (QED) is 0.494. The molecular formula is C7H6S. The van der Waals surface area contributed by atoms with E-state index in [4.69, 9.17) is 0 Å². The first kappa shape index (κ1) is 4.57. The van der Waals surface area contributed by atoms with Crippen LogP contribution in [-0.4, -0.2) is 0 Å². The van der Waals surface area contributed by atoms with Crippen LogP contribution >= 0.6 is 11.3 Å². The fourth-order valence-electron chi connectivity index (χ4n) is 1.00. The van der Waals surface area contributed by atoms with Gasteiger partial charge in [0.2, 0.25) is 0 Å². The summed E-state index contributed by atoms with van der Waals surface area (Å²) >= 11 is 1.78. The highest BCUT2D eigenvalue weighted by Gasteiger charge is 2.10. The summed E-state index contributed by atoms with van der Waals surface area (Å²) in [5, 5.41) is 4.39. The molecule has 0 aromatic carbocycles. The zero-order valence-corrected chi connectivity index (χ0v) is 5.29. The largest absolute Gasteiger partial charge is 0.152 e. The first-order valence-corrected chi connectivity index (χ1v) is 3.70. The van der Waals surface area contributed by atoms with Gasteiger partial charge in [-0.2, -0.15) is 11.3 Å². The van der Waals surface area contributed by atoms with Crippen molar-refractivity contribution < 1.29 is 0 Å². The molecule has 1 aromatic rings. The Balaban J connectivity index is 2.54. The van der Waals surface area contributed by atoms with Crippen molar-refractivity contribution in [3.05, 3.63) is 28.3 Å². The molecule has 0 N–H and O–H groups in total. The minimum Gasteiger partial charge on any atom is -0.152 e. The summed E-state index contributed by atoms with van der Waals surface area (Å²) in [6, 6.07) is 0. The summed E-state index contributed by atoms with van der Waals surface area (Å²) in [4.78, 5) is 0. The van der Waals surface area contributed by atoms with Crippen LogP contribution in [0.1, 0.15) is 17.5 Å². The molecule has 0 bridgehead atoms. The summed E-state index contributed by atoms with van der Waals surface area (Å²) in [6.07, 6.45) is 5.65. The average molecular weight is 122 g/mol. The molecule has 0 fully saturated rings. The summed E-state index contributed by atoms with van der Waals surface area (Å²) in [5.41, 5.74) is 2.85. The summed E-state index contributed by atoms with van der Waals surface area (Å²) in [7, 11) is 0. The van der Waals surface area contributed by atoms with Crippen LogP contribution in [0, 0.1) is 6.42 Å². The van der Waals surface area contributed by atoms with Crippen molar-refractivity contribution in [2.24, 2.45) is 0 Å². The highest BCUT2D eigenvalue weighted by atomic mass is 32.1. The van der Waals surface area contributed by atoms with Gasteiger partial charge in [0.05, 0.1) is 0 Å². The fraction of sp³-hybridized carbons (Fsp3) is 0.286. The molecule has 1 aliphatic carbocycles. The van der Waals surface area contributed by atoms with Crippen LogP contribution in [-0.2, 0) is 6.42 Å². The van der Waals surface area contributed by atoms with Crippen molar-refractivity contribution in [2.75, 3.05) is 0 Å². The van der Waals surface area contributed by atoms with E-state index in [-0.39, 0.29) is 0 Å². The molecule has 0 unspecified atom stereocenters. The number of thiophene rings is 1. The van der Waals surface area contributed by atoms with Crippen molar-refractivity contribution in [1.82, 2.24) is 0 Å². The van der Waals surface area contributed by atoms with Crippen LogP contribution < -0.4 is 0 Å². The minimum absolute atomic E-state index is 1.14. The van der Waals surface area contributed by atoms with Gasteiger partial charge in [-0.25, -0.2) is 0 Å². The van der Waals surface area contributed by atoms with Crippen LogP contribution in [0.25, 0.3) is 0 Å². The second-order valence-electron chi connectivity index (χ2n) is 1.99. The van der Waals surface area contributed by atoms with E-state index >= 15 is 0 Å². The molecule has 40 valence electrons. The van der Waals surface area contributed by atoms with E-state index in [1.165, 1.54) is 17.5 Å². The van der Waals surface area contributed by atoms with Crippen LogP contribution in [0.3, 0.4) is 0 Å². The molecule has 1 heteroatoms. The summed E-state index contributed by atoms with van der Waals surface area (Å²) in [6.45, 7) is 0. The Morgan fingerprint density at radius 3 is 3.38 bits per heavy atom. The first-order valence-electron chi connectivity index (χ1n) is 2.76. The molecule has 0 spiro atoms. The van der Waals surface area contributed by atoms with E-state index in [0.29, 0.717) is 0 Å². The van der Waals surface area contributed by atoms with E-state index < -0.39 is 0 Å². The van der Waals surface area contributed by atoms with Gasteiger partial charge in [0.1, 0.15) is 0 Å². The van der Waals surface area contributed by atoms with Crippen molar-refractivity contribution in [3.8, 4) is 0 Å². The number of fused-ring (bicyclic) bond motifs is 1. The zero-order chi connectivity index (χ0) is 5.40. The average Bonchev–Trinajstić information content (AvgIpc) is 2.15. The molecule has 2 rings (SSSR count). The van der Waals surface area contributed by atoms with Crippen molar-refractivity contribution in [3.63, 3.8) is 0 Å². The van der Waals surface area contributed by atoms with Gasteiger partial charge in [-0.3, -0.25) is 0 Å². The van der Waals surface area contributed by atoms with Crippen molar-refractivity contribution in [1.29, 1.82) is 0 Å². The van der Waals surface area contributed by atoms with E-state index in [2.05, 4.69) is 17.2 Å². The van der Waals surface area contributed by atoms with E-state index in [1.807, 2.05) is 0 Å². The van der Waals surface area contributed by atoms with Gasteiger partial charge in [0.25, 0.3) is 0 Å². The lowest BCUT2D eigenvalue weighted by Gasteiger charge is -1.78. The number of hydrogen-bond acceptors (Lipinski definition) is 1. The Labute approximate surface area is 53.2 Å². The van der Waals surface area contributed by atoms with E-state index in [1.54, 1.807) is 11.3 Å². The Morgan fingerprint density at radius 2 is 2.50 bits per heavy atom. The monoisotopic (exact) mass is 122 g/mol. The van der Waals surface area contributed by atoms with Gasteiger partial charge < -0.3 is 0 Å². The van der Waals surface area contributed by atoms with Gasteiger partial charge in [0, 0.05) is 6.42 Å². The Morgan fingerprint density at radius 1 is 1.50 bits per heavy atom. The highest BCUT2D eigenvalue weighted by Crippen LogP contribution is 2.26. The van der Waals surface area contributed by atoms with Crippen LogP contribution in [0.4, 0.5) is 0 Å². The third kappa shape index (κ3) is 0.511. The molecule has 8 heavy (non-hydrogen) atoms. The van der Waals surface area contributed by atoms with Crippen LogP contribution in [0.5, 0.6) is 0 Å². The summed E-state index contributed by atoms with van der Waals surface area (Å²) in [5.74, 6) is 0. The molecule has 1 heterocycles. The summed E-state index contributed by atoms with van der Waals surface area (Å²) < 4.78 is 0. The lowest BCUT2D eigenvalue weighted by Crippen LogP contribution is -1.66. The van der Waals surface area contributed by atoms with E-state index in [0.717, 1.165) is 6.42 Å². The van der Waals surface area contributed by atoms with Crippen LogP contribution in [0.15, 0.2) is 10.8 Å². The molecule has 2 radical (unpaired) electrons. The van der Waals surface area contributed by atoms with Gasteiger partial charge in [-0.15, -0.1) is 0 Å². The second kappa shape index (κ2) is 1.59. The van der Waals surface area contributed by atoms with Gasteiger partial charge in [-0.1, -0.05) is 0 Å². The maximum Gasteiger partial charge on any atom is 0.0179 e. The van der Waals surface area contributed by atoms with Crippen LogP contribution in [0.2, 0.25) is 0 Å². The lowest BCUT2D eigenvalue weighted by atomic mass is 10.2. The molecule has 0 nitrogen and oxygen atoms in total.